The first-order valence-corrected chi connectivity index (χ1v) is 8.13. The Bertz CT molecular complexity index is 576. The van der Waals surface area contributed by atoms with Crippen LogP contribution in [0.15, 0.2) is 24.5 Å². The SMILES string of the molecule is COC1C(C)C(NC(=O)NCCNC(=O)c2cccnc2)C1(C)C. The zero-order chi connectivity index (χ0) is 17.7. The van der Waals surface area contributed by atoms with Crippen LogP contribution in [-0.4, -0.2) is 49.3 Å². The minimum atomic E-state index is -0.231. The first kappa shape index (κ1) is 18.2. The van der Waals surface area contributed by atoms with Crippen LogP contribution in [0.4, 0.5) is 4.79 Å². The number of hydrogen-bond acceptors (Lipinski definition) is 4. The molecule has 7 heteroatoms. The van der Waals surface area contributed by atoms with Gasteiger partial charge in [-0.05, 0) is 12.1 Å². The van der Waals surface area contributed by atoms with Gasteiger partial charge in [-0.15, -0.1) is 0 Å². The molecule has 0 aliphatic heterocycles. The summed E-state index contributed by atoms with van der Waals surface area (Å²) in [5, 5.41) is 8.48. The maximum atomic E-state index is 12.0. The fourth-order valence-electron chi connectivity index (χ4n) is 3.57. The van der Waals surface area contributed by atoms with Gasteiger partial charge in [-0.1, -0.05) is 20.8 Å². The number of urea groups is 1. The van der Waals surface area contributed by atoms with Crippen LogP contribution >= 0.6 is 0 Å². The third-order valence-electron chi connectivity index (χ3n) is 4.70. The van der Waals surface area contributed by atoms with Crippen molar-refractivity contribution in [2.45, 2.75) is 32.9 Å². The third kappa shape index (κ3) is 3.84. The first-order valence-electron chi connectivity index (χ1n) is 8.13. The van der Waals surface area contributed by atoms with Gasteiger partial charge in [0.25, 0.3) is 5.91 Å². The van der Waals surface area contributed by atoms with Crippen LogP contribution < -0.4 is 16.0 Å². The van der Waals surface area contributed by atoms with E-state index < -0.39 is 0 Å². The predicted octanol–water partition coefficient (Wildman–Crippen LogP) is 1.17. The summed E-state index contributed by atoms with van der Waals surface area (Å²) in [5.74, 6) is 0.0584. The van der Waals surface area contributed by atoms with Crippen molar-refractivity contribution in [2.24, 2.45) is 11.3 Å². The molecule has 0 saturated heterocycles. The number of ether oxygens (including phenoxy) is 1. The van der Waals surface area contributed by atoms with Crippen LogP contribution in [0.1, 0.15) is 31.1 Å². The maximum Gasteiger partial charge on any atom is 0.315 e. The summed E-state index contributed by atoms with van der Waals surface area (Å²) >= 11 is 0. The van der Waals surface area contributed by atoms with E-state index in [1.165, 1.54) is 6.20 Å². The molecule has 24 heavy (non-hydrogen) atoms. The molecule has 1 aromatic heterocycles. The molecule has 1 aliphatic carbocycles. The van der Waals surface area contributed by atoms with Crippen LogP contribution in [0.5, 0.6) is 0 Å². The lowest BCUT2D eigenvalue weighted by Crippen LogP contribution is -2.68. The minimum absolute atomic E-state index is 0.0624. The zero-order valence-electron chi connectivity index (χ0n) is 14.6. The molecule has 0 bridgehead atoms. The van der Waals surface area contributed by atoms with Crippen LogP contribution in [0.2, 0.25) is 0 Å². The second-order valence-electron chi connectivity index (χ2n) is 6.71. The van der Waals surface area contributed by atoms with E-state index >= 15 is 0 Å². The molecule has 3 unspecified atom stereocenters. The summed E-state index contributed by atoms with van der Waals surface area (Å²) in [6, 6.07) is 3.22. The van der Waals surface area contributed by atoms with E-state index in [-0.39, 0.29) is 35.4 Å². The number of rotatable bonds is 6. The summed E-state index contributed by atoms with van der Waals surface area (Å²) in [6.07, 6.45) is 3.25. The van der Waals surface area contributed by atoms with E-state index in [1.54, 1.807) is 25.4 Å². The summed E-state index contributed by atoms with van der Waals surface area (Å²) in [6.45, 7) is 6.94. The number of nitrogens with zero attached hydrogens (tertiary/aromatic N) is 1. The van der Waals surface area contributed by atoms with Crippen molar-refractivity contribution in [3.05, 3.63) is 30.1 Å². The smallest absolute Gasteiger partial charge is 0.315 e. The van der Waals surface area contributed by atoms with Crippen LogP contribution in [-0.2, 0) is 4.74 Å². The molecule has 3 atom stereocenters. The molecule has 1 saturated carbocycles. The zero-order valence-corrected chi connectivity index (χ0v) is 14.6. The fraction of sp³-hybridized carbons (Fsp3) is 0.588. The van der Waals surface area contributed by atoms with Gasteiger partial charge in [-0.3, -0.25) is 9.78 Å². The number of aromatic nitrogens is 1. The number of carbonyl (C=O) groups excluding carboxylic acids is 2. The number of hydrogen-bond donors (Lipinski definition) is 3. The van der Waals surface area contributed by atoms with Gasteiger partial charge < -0.3 is 20.7 Å². The highest BCUT2D eigenvalue weighted by Gasteiger charge is 2.55. The van der Waals surface area contributed by atoms with Crippen molar-refractivity contribution in [3.8, 4) is 0 Å². The largest absolute Gasteiger partial charge is 0.380 e. The van der Waals surface area contributed by atoms with Crippen LogP contribution in [0, 0.1) is 11.3 Å². The molecule has 0 spiro atoms. The molecule has 3 amide bonds. The van der Waals surface area contributed by atoms with Crippen molar-refractivity contribution >= 4 is 11.9 Å². The molecule has 1 aromatic rings. The normalized spacial score (nSPS) is 24.6. The predicted molar refractivity (Wildman–Crippen MR) is 90.6 cm³/mol. The molecule has 1 aliphatic rings. The Morgan fingerprint density at radius 2 is 2.00 bits per heavy atom. The second-order valence-corrected chi connectivity index (χ2v) is 6.71. The standard InChI is InChI=1S/C17H26N4O3/c1-11-13(17(2,3)14(11)24-4)21-16(23)20-9-8-19-15(22)12-6-5-7-18-10-12/h5-7,10-11,13-14H,8-9H2,1-4H3,(H,19,22)(H2,20,21,23). The number of methoxy groups -OCH3 is 1. The van der Waals surface area contributed by atoms with Gasteiger partial charge in [0.2, 0.25) is 0 Å². The van der Waals surface area contributed by atoms with Crippen molar-refractivity contribution in [1.29, 1.82) is 0 Å². The Morgan fingerprint density at radius 3 is 2.58 bits per heavy atom. The van der Waals surface area contributed by atoms with Gasteiger partial charge >= 0.3 is 6.03 Å². The minimum Gasteiger partial charge on any atom is -0.380 e. The molecule has 132 valence electrons. The van der Waals surface area contributed by atoms with E-state index in [1.807, 2.05) is 0 Å². The number of pyridine rings is 1. The van der Waals surface area contributed by atoms with Gasteiger partial charge in [-0.2, -0.15) is 0 Å². The molecule has 0 aromatic carbocycles. The Labute approximate surface area is 142 Å². The Kier molecular flexibility index (Phi) is 5.77. The van der Waals surface area contributed by atoms with Crippen molar-refractivity contribution < 1.29 is 14.3 Å². The lowest BCUT2D eigenvalue weighted by molar-refractivity contribution is -0.140. The summed E-state index contributed by atoms with van der Waals surface area (Å²) < 4.78 is 5.47. The highest BCUT2D eigenvalue weighted by Crippen LogP contribution is 2.46. The average Bonchev–Trinajstić information content (AvgIpc) is 2.57. The monoisotopic (exact) mass is 334 g/mol. The second kappa shape index (κ2) is 7.61. The number of carbonyl (C=O) groups is 2. The van der Waals surface area contributed by atoms with Crippen molar-refractivity contribution in [3.63, 3.8) is 0 Å². The van der Waals surface area contributed by atoms with Crippen molar-refractivity contribution in [2.75, 3.05) is 20.2 Å². The maximum absolute atomic E-state index is 12.0. The van der Waals surface area contributed by atoms with Gasteiger partial charge in [-0.25, -0.2) is 4.79 Å². The molecule has 2 rings (SSSR count). The summed E-state index contributed by atoms with van der Waals surface area (Å²) in [7, 11) is 1.70. The van der Waals surface area contributed by atoms with E-state index in [2.05, 4.69) is 41.7 Å². The van der Waals surface area contributed by atoms with E-state index in [4.69, 9.17) is 4.74 Å². The molecule has 0 radical (unpaired) electrons. The summed E-state index contributed by atoms with van der Waals surface area (Å²) in [5.41, 5.74) is 0.401. The van der Waals surface area contributed by atoms with E-state index in [9.17, 15) is 9.59 Å². The van der Waals surface area contributed by atoms with Gasteiger partial charge in [0.05, 0.1) is 11.7 Å². The summed E-state index contributed by atoms with van der Waals surface area (Å²) in [4.78, 5) is 27.7. The first-order chi connectivity index (χ1) is 11.4. The molecular weight excluding hydrogens is 308 g/mol. The highest BCUT2D eigenvalue weighted by molar-refractivity contribution is 5.93. The molecule has 1 heterocycles. The van der Waals surface area contributed by atoms with Crippen LogP contribution in [0.25, 0.3) is 0 Å². The molecule has 3 N–H and O–H groups in total. The lowest BCUT2D eigenvalue weighted by atomic mass is 9.58. The topological polar surface area (TPSA) is 92.4 Å². The number of amides is 3. The number of nitrogens with one attached hydrogen (secondary N) is 3. The van der Waals surface area contributed by atoms with E-state index in [0.29, 0.717) is 18.7 Å². The lowest BCUT2D eigenvalue weighted by Gasteiger charge is -2.56. The van der Waals surface area contributed by atoms with Gasteiger partial charge in [0, 0.05) is 50.0 Å². The van der Waals surface area contributed by atoms with Crippen molar-refractivity contribution in [1.82, 2.24) is 20.9 Å². The molecule has 7 nitrogen and oxygen atoms in total. The quantitative estimate of drug-likeness (QED) is 0.681. The Balaban J connectivity index is 1.68. The van der Waals surface area contributed by atoms with Gasteiger partial charge in [0.15, 0.2) is 0 Å². The average molecular weight is 334 g/mol. The molecule has 1 fully saturated rings. The Morgan fingerprint density at radius 1 is 1.29 bits per heavy atom. The van der Waals surface area contributed by atoms with E-state index in [0.717, 1.165) is 0 Å². The highest BCUT2D eigenvalue weighted by atomic mass is 16.5. The Hall–Kier alpha value is -2.15. The van der Waals surface area contributed by atoms with Crippen LogP contribution in [0.3, 0.4) is 0 Å². The fourth-order valence-corrected chi connectivity index (χ4v) is 3.57. The third-order valence-corrected chi connectivity index (χ3v) is 4.70. The molecular formula is C17H26N4O3. The van der Waals surface area contributed by atoms with Gasteiger partial charge in [0.1, 0.15) is 0 Å².